The van der Waals surface area contributed by atoms with Gasteiger partial charge in [0, 0.05) is 54.2 Å². The van der Waals surface area contributed by atoms with Crippen molar-refractivity contribution in [2.75, 3.05) is 13.1 Å². The number of nitrogens with one attached hydrogen (secondary N) is 1. The topological polar surface area (TPSA) is 56.4 Å². The second-order valence-corrected chi connectivity index (χ2v) is 8.98. The molecule has 1 atom stereocenters. The lowest BCUT2D eigenvalue weighted by molar-refractivity contribution is -0.138. The standard InChI is InChI=1S/C25H28ClN3O2/c1-17(2)29(15-18-6-4-3-5-7-18)25(31)20-12-24(30)28(16-20)11-10-19-14-27-23-9-8-21(26)13-22(19)23/h3-9,13-14,17,20,27H,10-12,15-16H2,1-2H3. The lowest BCUT2D eigenvalue weighted by atomic mass is 10.1. The fraction of sp³-hybridized carbons (Fsp3) is 0.360. The molecule has 1 N–H and O–H groups in total. The SMILES string of the molecule is CC(C)N(Cc1ccccc1)C(=O)C1CC(=O)N(CCc2c[nH]c3ccc(Cl)cc23)C1. The van der Waals surface area contributed by atoms with Gasteiger partial charge in [0.2, 0.25) is 11.8 Å². The first-order valence-corrected chi connectivity index (χ1v) is 11.2. The van der Waals surface area contributed by atoms with Crippen LogP contribution in [0.4, 0.5) is 0 Å². The molecule has 1 fully saturated rings. The summed E-state index contributed by atoms with van der Waals surface area (Å²) in [5, 5.41) is 1.78. The molecule has 1 aromatic heterocycles. The molecule has 1 saturated heterocycles. The third-order valence-corrected chi connectivity index (χ3v) is 6.28. The number of carbonyl (C=O) groups excluding carboxylic acids is 2. The predicted octanol–water partition coefficient (Wildman–Crippen LogP) is 4.65. The number of rotatable bonds is 7. The van der Waals surface area contributed by atoms with Crippen LogP contribution in [0.2, 0.25) is 5.02 Å². The number of fused-ring (bicyclic) bond motifs is 1. The van der Waals surface area contributed by atoms with Crippen molar-refractivity contribution in [3.8, 4) is 0 Å². The molecule has 2 heterocycles. The molecular weight excluding hydrogens is 410 g/mol. The molecule has 0 saturated carbocycles. The van der Waals surface area contributed by atoms with Gasteiger partial charge in [0.1, 0.15) is 0 Å². The van der Waals surface area contributed by atoms with Crippen LogP contribution in [0.5, 0.6) is 0 Å². The van der Waals surface area contributed by atoms with E-state index in [0.29, 0.717) is 24.7 Å². The van der Waals surface area contributed by atoms with E-state index < -0.39 is 0 Å². The highest BCUT2D eigenvalue weighted by Crippen LogP contribution is 2.25. The first-order valence-electron chi connectivity index (χ1n) is 10.8. The minimum atomic E-state index is -0.281. The van der Waals surface area contributed by atoms with E-state index in [-0.39, 0.29) is 30.2 Å². The highest BCUT2D eigenvalue weighted by atomic mass is 35.5. The van der Waals surface area contributed by atoms with Crippen LogP contribution in [0, 0.1) is 5.92 Å². The molecule has 0 bridgehead atoms. The molecule has 1 aliphatic heterocycles. The Bertz CT molecular complexity index is 1080. The summed E-state index contributed by atoms with van der Waals surface area (Å²) in [6.45, 7) is 5.70. The van der Waals surface area contributed by atoms with Gasteiger partial charge in [-0.3, -0.25) is 9.59 Å². The number of aromatic amines is 1. The number of benzene rings is 2. The molecule has 162 valence electrons. The molecule has 2 aromatic carbocycles. The Kier molecular flexibility index (Phi) is 6.33. The molecule has 3 aromatic rings. The third kappa shape index (κ3) is 4.77. The van der Waals surface area contributed by atoms with Crippen LogP contribution in [-0.2, 0) is 22.6 Å². The van der Waals surface area contributed by atoms with Gasteiger partial charge in [0.25, 0.3) is 0 Å². The maximum Gasteiger partial charge on any atom is 0.228 e. The normalized spacial score (nSPS) is 16.5. The number of likely N-dealkylation sites (tertiary alicyclic amines) is 1. The average Bonchev–Trinajstić information content (AvgIpc) is 3.33. The van der Waals surface area contributed by atoms with Crippen LogP contribution in [-0.4, -0.2) is 45.7 Å². The van der Waals surface area contributed by atoms with Crippen molar-refractivity contribution in [2.45, 2.75) is 39.3 Å². The molecule has 4 rings (SSSR count). The fourth-order valence-corrected chi connectivity index (χ4v) is 4.47. The van der Waals surface area contributed by atoms with E-state index in [1.807, 2.05) is 78.4 Å². The zero-order valence-corrected chi connectivity index (χ0v) is 18.7. The van der Waals surface area contributed by atoms with Crippen LogP contribution in [0.25, 0.3) is 10.9 Å². The fourth-order valence-electron chi connectivity index (χ4n) is 4.30. The number of hydrogen-bond donors (Lipinski definition) is 1. The number of nitrogens with zero attached hydrogens (tertiary/aromatic N) is 2. The molecular formula is C25H28ClN3O2. The summed E-state index contributed by atoms with van der Waals surface area (Å²) in [5.41, 5.74) is 3.27. The van der Waals surface area contributed by atoms with Gasteiger partial charge in [-0.15, -0.1) is 0 Å². The molecule has 5 nitrogen and oxygen atoms in total. The van der Waals surface area contributed by atoms with Crippen molar-refractivity contribution in [3.05, 3.63) is 70.9 Å². The minimum absolute atomic E-state index is 0.0552. The second-order valence-electron chi connectivity index (χ2n) is 8.54. The summed E-state index contributed by atoms with van der Waals surface area (Å²) in [6.07, 6.45) is 2.99. The first-order chi connectivity index (χ1) is 14.9. The highest BCUT2D eigenvalue weighted by Gasteiger charge is 2.37. The van der Waals surface area contributed by atoms with E-state index in [2.05, 4.69) is 4.98 Å². The van der Waals surface area contributed by atoms with Gasteiger partial charge in [0.15, 0.2) is 0 Å². The summed E-state index contributed by atoms with van der Waals surface area (Å²) in [6, 6.07) is 15.8. The number of aromatic nitrogens is 1. The van der Waals surface area contributed by atoms with Crippen LogP contribution >= 0.6 is 11.6 Å². The minimum Gasteiger partial charge on any atom is -0.361 e. The predicted molar refractivity (Wildman–Crippen MR) is 124 cm³/mol. The quantitative estimate of drug-likeness (QED) is 0.585. The van der Waals surface area contributed by atoms with E-state index in [4.69, 9.17) is 11.6 Å². The average molecular weight is 438 g/mol. The van der Waals surface area contributed by atoms with E-state index in [0.717, 1.165) is 28.5 Å². The number of H-pyrrole nitrogens is 1. The van der Waals surface area contributed by atoms with Crippen molar-refractivity contribution in [1.82, 2.24) is 14.8 Å². The van der Waals surface area contributed by atoms with Gasteiger partial charge >= 0.3 is 0 Å². The van der Waals surface area contributed by atoms with Crippen LogP contribution < -0.4 is 0 Å². The molecule has 31 heavy (non-hydrogen) atoms. The largest absolute Gasteiger partial charge is 0.361 e. The Morgan fingerprint density at radius 2 is 2.00 bits per heavy atom. The summed E-state index contributed by atoms with van der Waals surface area (Å²) in [7, 11) is 0. The van der Waals surface area contributed by atoms with Gasteiger partial charge in [-0.1, -0.05) is 41.9 Å². The lowest BCUT2D eigenvalue weighted by Crippen LogP contribution is -2.41. The molecule has 1 unspecified atom stereocenters. The maximum atomic E-state index is 13.3. The summed E-state index contributed by atoms with van der Waals surface area (Å²) in [4.78, 5) is 32.9. The smallest absolute Gasteiger partial charge is 0.228 e. The van der Waals surface area contributed by atoms with E-state index in [1.165, 1.54) is 0 Å². The Hall–Kier alpha value is -2.79. The van der Waals surface area contributed by atoms with Crippen molar-refractivity contribution >= 4 is 34.3 Å². The van der Waals surface area contributed by atoms with Gasteiger partial charge in [0.05, 0.1) is 5.92 Å². The van der Waals surface area contributed by atoms with E-state index in [9.17, 15) is 9.59 Å². The molecule has 0 spiro atoms. The number of halogens is 1. The highest BCUT2D eigenvalue weighted by molar-refractivity contribution is 6.31. The Morgan fingerprint density at radius 3 is 2.74 bits per heavy atom. The maximum absolute atomic E-state index is 13.3. The Morgan fingerprint density at radius 1 is 1.23 bits per heavy atom. The number of hydrogen-bond acceptors (Lipinski definition) is 2. The molecule has 0 radical (unpaired) electrons. The Balaban J connectivity index is 1.40. The van der Waals surface area contributed by atoms with Crippen molar-refractivity contribution in [3.63, 3.8) is 0 Å². The van der Waals surface area contributed by atoms with Gasteiger partial charge < -0.3 is 14.8 Å². The first kappa shape index (κ1) is 21.4. The lowest BCUT2D eigenvalue weighted by Gasteiger charge is -2.29. The van der Waals surface area contributed by atoms with Crippen molar-refractivity contribution in [1.29, 1.82) is 0 Å². The molecule has 6 heteroatoms. The Labute approximate surface area is 188 Å². The van der Waals surface area contributed by atoms with Crippen molar-refractivity contribution < 1.29 is 9.59 Å². The number of amides is 2. The van der Waals surface area contributed by atoms with E-state index in [1.54, 1.807) is 0 Å². The van der Waals surface area contributed by atoms with Crippen molar-refractivity contribution in [2.24, 2.45) is 5.92 Å². The van der Waals surface area contributed by atoms with E-state index >= 15 is 0 Å². The molecule has 0 aliphatic carbocycles. The summed E-state index contributed by atoms with van der Waals surface area (Å²) >= 11 is 6.14. The third-order valence-electron chi connectivity index (χ3n) is 6.05. The van der Waals surface area contributed by atoms with Gasteiger partial charge in [-0.25, -0.2) is 0 Å². The van der Waals surface area contributed by atoms with Crippen LogP contribution in [0.3, 0.4) is 0 Å². The summed E-state index contributed by atoms with van der Waals surface area (Å²) in [5.74, 6) is -0.163. The molecule has 1 aliphatic rings. The van der Waals surface area contributed by atoms with Crippen LogP contribution in [0.1, 0.15) is 31.4 Å². The van der Waals surface area contributed by atoms with Gasteiger partial charge in [-0.2, -0.15) is 0 Å². The van der Waals surface area contributed by atoms with Gasteiger partial charge in [-0.05, 0) is 49.6 Å². The molecule has 2 amide bonds. The number of carbonyl (C=O) groups is 2. The second kappa shape index (κ2) is 9.15. The zero-order valence-electron chi connectivity index (χ0n) is 18.0. The summed E-state index contributed by atoms with van der Waals surface area (Å²) < 4.78 is 0. The zero-order chi connectivity index (χ0) is 22.0. The monoisotopic (exact) mass is 437 g/mol. The van der Waals surface area contributed by atoms with Crippen LogP contribution in [0.15, 0.2) is 54.7 Å².